The molecule has 0 aliphatic heterocycles. The number of aryl methyl sites for hydroxylation is 2. The minimum Gasteiger partial charge on any atom is -0.397 e. The fourth-order valence-electron chi connectivity index (χ4n) is 1.51. The fourth-order valence-corrected chi connectivity index (χ4v) is 1.85. The van der Waals surface area contributed by atoms with E-state index in [1.165, 1.54) is 5.56 Å². The molecule has 17 heavy (non-hydrogen) atoms. The molecule has 2 aromatic rings. The van der Waals surface area contributed by atoms with Crippen LogP contribution in [0.3, 0.4) is 0 Å². The standard InChI is InChI=1S/C13H14BrN3/c1-8-3-4-10(14)12(5-8)17-13-6-9(2)11(15)7-16-13/h3-7H,15H2,1-2H3,(H,16,17). The van der Waals surface area contributed by atoms with Crippen molar-refractivity contribution in [2.45, 2.75) is 13.8 Å². The number of aromatic nitrogens is 1. The molecule has 0 fully saturated rings. The number of anilines is 3. The molecule has 0 unspecified atom stereocenters. The summed E-state index contributed by atoms with van der Waals surface area (Å²) in [6.45, 7) is 4.02. The Bertz CT molecular complexity index is 552. The smallest absolute Gasteiger partial charge is 0.130 e. The van der Waals surface area contributed by atoms with Gasteiger partial charge in [0.25, 0.3) is 0 Å². The first-order chi connectivity index (χ1) is 8.06. The van der Waals surface area contributed by atoms with Gasteiger partial charge in [0.05, 0.1) is 17.6 Å². The van der Waals surface area contributed by atoms with E-state index in [9.17, 15) is 0 Å². The quantitative estimate of drug-likeness (QED) is 0.885. The predicted molar refractivity (Wildman–Crippen MR) is 75.5 cm³/mol. The molecule has 0 aliphatic carbocycles. The van der Waals surface area contributed by atoms with E-state index in [4.69, 9.17) is 5.73 Å². The SMILES string of the molecule is Cc1ccc(Br)c(Nc2cc(C)c(N)cn2)c1. The Morgan fingerprint density at radius 2 is 2.00 bits per heavy atom. The third-order valence-corrected chi connectivity index (χ3v) is 3.23. The predicted octanol–water partition coefficient (Wildman–Crippen LogP) is 3.79. The molecule has 2 rings (SSSR count). The molecule has 0 saturated carbocycles. The van der Waals surface area contributed by atoms with Crippen LogP contribution < -0.4 is 11.1 Å². The molecule has 1 heterocycles. The Labute approximate surface area is 109 Å². The molecule has 3 nitrogen and oxygen atoms in total. The Kier molecular flexibility index (Phi) is 3.33. The number of nitrogens with one attached hydrogen (secondary N) is 1. The van der Waals surface area contributed by atoms with E-state index in [1.54, 1.807) is 6.20 Å². The Balaban J connectivity index is 2.31. The third kappa shape index (κ3) is 2.77. The highest BCUT2D eigenvalue weighted by Crippen LogP contribution is 2.26. The zero-order valence-electron chi connectivity index (χ0n) is 9.79. The van der Waals surface area contributed by atoms with Crippen LogP contribution in [0.5, 0.6) is 0 Å². The summed E-state index contributed by atoms with van der Waals surface area (Å²) in [5.74, 6) is 0.794. The van der Waals surface area contributed by atoms with E-state index < -0.39 is 0 Å². The summed E-state index contributed by atoms with van der Waals surface area (Å²) in [4.78, 5) is 4.25. The summed E-state index contributed by atoms with van der Waals surface area (Å²) in [5, 5.41) is 3.27. The number of benzene rings is 1. The van der Waals surface area contributed by atoms with Crippen LogP contribution in [0.25, 0.3) is 0 Å². The lowest BCUT2D eigenvalue weighted by atomic mass is 10.2. The molecule has 3 N–H and O–H groups in total. The number of halogens is 1. The number of nitrogen functional groups attached to an aromatic ring is 1. The highest BCUT2D eigenvalue weighted by atomic mass is 79.9. The number of nitrogens with two attached hydrogens (primary N) is 1. The van der Waals surface area contributed by atoms with Crippen molar-refractivity contribution in [3.8, 4) is 0 Å². The van der Waals surface area contributed by atoms with Gasteiger partial charge in [-0.25, -0.2) is 4.98 Å². The summed E-state index contributed by atoms with van der Waals surface area (Å²) in [5.41, 5.74) is 9.66. The van der Waals surface area contributed by atoms with Crippen molar-refractivity contribution >= 4 is 33.1 Å². The van der Waals surface area contributed by atoms with E-state index in [0.29, 0.717) is 5.69 Å². The fraction of sp³-hybridized carbons (Fsp3) is 0.154. The zero-order chi connectivity index (χ0) is 12.4. The van der Waals surface area contributed by atoms with Crippen molar-refractivity contribution in [3.05, 3.63) is 46.1 Å². The van der Waals surface area contributed by atoms with Crippen LogP contribution in [-0.2, 0) is 0 Å². The largest absolute Gasteiger partial charge is 0.397 e. The van der Waals surface area contributed by atoms with Gasteiger partial charge in [0.2, 0.25) is 0 Å². The average molecular weight is 292 g/mol. The number of hydrogen-bond acceptors (Lipinski definition) is 3. The Morgan fingerprint density at radius 1 is 1.24 bits per heavy atom. The molecule has 0 atom stereocenters. The minimum absolute atomic E-state index is 0.707. The van der Waals surface area contributed by atoms with Crippen molar-refractivity contribution in [2.24, 2.45) is 0 Å². The molecule has 0 saturated heterocycles. The van der Waals surface area contributed by atoms with Gasteiger partial charge in [0, 0.05) is 4.47 Å². The minimum atomic E-state index is 0.707. The second-order valence-corrected chi connectivity index (χ2v) is 4.89. The summed E-state index contributed by atoms with van der Waals surface area (Å²) >= 11 is 3.51. The van der Waals surface area contributed by atoms with Gasteiger partial charge in [0.15, 0.2) is 0 Å². The molecule has 0 aliphatic rings. The number of nitrogens with zero attached hydrogens (tertiary/aromatic N) is 1. The average Bonchev–Trinajstić information content (AvgIpc) is 2.29. The summed E-state index contributed by atoms with van der Waals surface area (Å²) < 4.78 is 1.01. The van der Waals surface area contributed by atoms with Crippen LogP contribution in [0.2, 0.25) is 0 Å². The van der Waals surface area contributed by atoms with Gasteiger partial charge < -0.3 is 11.1 Å². The normalized spacial score (nSPS) is 10.3. The van der Waals surface area contributed by atoms with E-state index in [1.807, 2.05) is 19.1 Å². The van der Waals surface area contributed by atoms with Gasteiger partial charge in [-0.3, -0.25) is 0 Å². The van der Waals surface area contributed by atoms with Crippen LogP contribution in [0.4, 0.5) is 17.2 Å². The topological polar surface area (TPSA) is 50.9 Å². The van der Waals surface area contributed by atoms with Crippen molar-refractivity contribution in [2.75, 3.05) is 11.1 Å². The van der Waals surface area contributed by atoms with Gasteiger partial charge in [-0.2, -0.15) is 0 Å². The van der Waals surface area contributed by atoms with Crippen LogP contribution in [0.15, 0.2) is 34.9 Å². The maximum atomic E-state index is 5.74. The molecule has 1 aromatic heterocycles. The monoisotopic (exact) mass is 291 g/mol. The van der Waals surface area contributed by atoms with Gasteiger partial charge in [-0.15, -0.1) is 0 Å². The highest BCUT2D eigenvalue weighted by molar-refractivity contribution is 9.10. The lowest BCUT2D eigenvalue weighted by molar-refractivity contribution is 1.27. The van der Waals surface area contributed by atoms with Gasteiger partial charge in [0.1, 0.15) is 5.82 Å². The molecule has 0 bridgehead atoms. The van der Waals surface area contributed by atoms with Crippen molar-refractivity contribution in [1.29, 1.82) is 0 Å². The summed E-state index contributed by atoms with van der Waals surface area (Å²) in [6, 6.07) is 8.07. The summed E-state index contributed by atoms with van der Waals surface area (Å²) in [7, 11) is 0. The van der Waals surface area contributed by atoms with Crippen LogP contribution in [-0.4, -0.2) is 4.98 Å². The van der Waals surface area contributed by atoms with Crippen molar-refractivity contribution in [1.82, 2.24) is 4.98 Å². The first kappa shape index (κ1) is 11.9. The molecule has 0 radical (unpaired) electrons. The van der Waals surface area contributed by atoms with Crippen molar-refractivity contribution < 1.29 is 0 Å². The maximum Gasteiger partial charge on any atom is 0.130 e. The third-order valence-electron chi connectivity index (χ3n) is 2.54. The van der Waals surface area contributed by atoms with E-state index in [0.717, 1.165) is 21.5 Å². The molecule has 88 valence electrons. The van der Waals surface area contributed by atoms with Crippen LogP contribution >= 0.6 is 15.9 Å². The molecule has 1 aromatic carbocycles. The van der Waals surface area contributed by atoms with Gasteiger partial charge in [-0.1, -0.05) is 6.07 Å². The van der Waals surface area contributed by atoms with Crippen LogP contribution in [0.1, 0.15) is 11.1 Å². The zero-order valence-corrected chi connectivity index (χ0v) is 11.4. The van der Waals surface area contributed by atoms with Gasteiger partial charge >= 0.3 is 0 Å². The van der Waals surface area contributed by atoms with E-state index in [2.05, 4.69) is 45.3 Å². The molecule has 0 spiro atoms. The maximum absolute atomic E-state index is 5.74. The lowest BCUT2D eigenvalue weighted by Gasteiger charge is -2.10. The molecule has 4 heteroatoms. The molecular weight excluding hydrogens is 278 g/mol. The molecular formula is C13H14BrN3. The Morgan fingerprint density at radius 3 is 2.71 bits per heavy atom. The van der Waals surface area contributed by atoms with Crippen LogP contribution in [0, 0.1) is 13.8 Å². The first-order valence-electron chi connectivity index (χ1n) is 5.31. The Hall–Kier alpha value is -1.55. The second kappa shape index (κ2) is 4.75. The van der Waals surface area contributed by atoms with Gasteiger partial charge in [-0.05, 0) is 59.1 Å². The highest BCUT2D eigenvalue weighted by Gasteiger charge is 2.03. The van der Waals surface area contributed by atoms with E-state index >= 15 is 0 Å². The number of pyridine rings is 1. The first-order valence-corrected chi connectivity index (χ1v) is 6.11. The number of hydrogen-bond donors (Lipinski definition) is 2. The number of rotatable bonds is 2. The summed E-state index contributed by atoms with van der Waals surface area (Å²) in [6.07, 6.45) is 1.67. The second-order valence-electron chi connectivity index (χ2n) is 4.03. The van der Waals surface area contributed by atoms with Crippen molar-refractivity contribution in [3.63, 3.8) is 0 Å². The van der Waals surface area contributed by atoms with E-state index in [-0.39, 0.29) is 0 Å². The lowest BCUT2D eigenvalue weighted by Crippen LogP contribution is -1.98. The molecule has 0 amide bonds.